The first kappa shape index (κ1) is 21.8. The zero-order valence-electron chi connectivity index (χ0n) is 18.3. The molecule has 1 aliphatic heterocycles. The Hall–Kier alpha value is -2.90. The second-order valence-electron chi connectivity index (χ2n) is 8.97. The number of likely N-dealkylation sites (tertiary alicyclic amines) is 1. The van der Waals surface area contributed by atoms with Crippen molar-refractivity contribution in [3.63, 3.8) is 0 Å². The number of ether oxygens (including phenoxy) is 1. The van der Waals surface area contributed by atoms with E-state index in [-0.39, 0.29) is 29.2 Å². The SMILES string of the molecule is CC(C)n1nc(C(=O)N2CCC[C@@H](NC(=O)OC(C)(C)C)C2)c2ccccc2c1=O. The molecule has 0 radical (unpaired) electrons. The van der Waals surface area contributed by atoms with Crippen molar-refractivity contribution in [2.45, 2.75) is 65.1 Å². The molecule has 2 heterocycles. The van der Waals surface area contributed by atoms with E-state index >= 15 is 0 Å². The van der Waals surface area contributed by atoms with Crippen LogP contribution in [0.4, 0.5) is 4.79 Å². The Kier molecular flexibility index (Phi) is 6.14. The summed E-state index contributed by atoms with van der Waals surface area (Å²) in [5, 5.41) is 8.29. The number of amides is 2. The van der Waals surface area contributed by atoms with E-state index in [4.69, 9.17) is 4.74 Å². The Bertz CT molecular complexity index is 1010. The number of carbonyl (C=O) groups excluding carboxylic acids is 2. The number of piperidine rings is 1. The van der Waals surface area contributed by atoms with Gasteiger partial charge >= 0.3 is 6.09 Å². The molecule has 2 aromatic rings. The lowest BCUT2D eigenvalue weighted by Gasteiger charge is -2.33. The normalized spacial score (nSPS) is 17.3. The zero-order chi connectivity index (χ0) is 22.1. The van der Waals surface area contributed by atoms with Crippen LogP contribution in [0.25, 0.3) is 10.8 Å². The average Bonchev–Trinajstić information content (AvgIpc) is 2.66. The summed E-state index contributed by atoms with van der Waals surface area (Å²) in [6.45, 7) is 10.1. The summed E-state index contributed by atoms with van der Waals surface area (Å²) in [7, 11) is 0. The Morgan fingerprint density at radius 3 is 2.50 bits per heavy atom. The molecule has 2 amide bonds. The van der Waals surface area contributed by atoms with Gasteiger partial charge in [0.05, 0.1) is 11.4 Å². The zero-order valence-corrected chi connectivity index (χ0v) is 18.3. The van der Waals surface area contributed by atoms with Crippen LogP contribution < -0.4 is 10.9 Å². The number of carbonyl (C=O) groups is 2. The minimum absolute atomic E-state index is 0.170. The Labute approximate surface area is 176 Å². The van der Waals surface area contributed by atoms with Gasteiger partial charge in [0.25, 0.3) is 11.5 Å². The van der Waals surface area contributed by atoms with Crippen LogP contribution in [-0.4, -0.2) is 51.4 Å². The van der Waals surface area contributed by atoms with Crippen molar-refractivity contribution in [2.75, 3.05) is 13.1 Å². The van der Waals surface area contributed by atoms with Gasteiger partial charge in [0.1, 0.15) is 5.60 Å². The Morgan fingerprint density at radius 1 is 1.20 bits per heavy atom. The first-order valence-electron chi connectivity index (χ1n) is 10.4. The van der Waals surface area contributed by atoms with Gasteiger partial charge in [-0.2, -0.15) is 5.10 Å². The van der Waals surface area contributed by atoms with Crippen molar-refractivity contribution in [1.82, 2.24) is 20.0 Å². The van der Waals surface area contributed by atoms with Crippen LogP contribution in [0.15, 0.2) is 29.1 Å². The topological polar surface area (TPSA) is 93.5 Å². The fourth-order valence-corrected chi connectivity index (χ4v) is 3.62. The quantitative estimate of drug-likeness (QED) is 0.833. The van der Waals surface area contributed by atoms with E-state index in [1.54, 1.807) is 29.2 Å². The first-order valence-corrected chi connectivity index (χ1v) is 10.4. The van der Waals surface area contributed by atoms with Gasteiger partial charge in [-0.05, 0) is 53.5 Å². The summed E-state index contributed by atoms with van der Waals surface area (Å²) in [6, 6.07) is 6.68. The molecular formula is C22H30N4O4. The predicted octanol–water partition coefficient (Wildman–Crippen LogP) is 3.11. The third-order valence-corrected chi connectivity index (χ3v) is 4.95. The molecule has 0 bridgehead atoms. The fraction of sp³-hybridized carbons (Fsp3) is 0.545. The summed E-state index contributed by atoms with van der Waals surface area (Å²) < 4.78 is 6.69. The lowest BCUT2D eigenvalue weighted by Crippen LogP contribution is -2.50. The van der Waals surface area contributed by atoms with Crippen molar-refractivity contribution in [1.29, 1.82) is 0 Å². The third kappa shape index (κ3) is 4.80. The Morgan fingerprint density at radius 2 is 1.87 bits per heavy atom. The summed E-state index contributed by atoms with van der Waals surface area (Å²) in [6.07, 6.45) is 1.04. The molecule has 8 nitrogen and oxygen atoms in total. The smallest absolute Gasteiger partial charge is 0.407 e. The number of hydrogen-bond donors (Lipinski definition) is 1. The van der Waals surface area contributed by atoms with E-state index in [2.05, 4.69) is 10.4 Å². The molecule has 0 unspecified atom stereocenters. The molecule has 0 saturated carbocycles. The second kappa shape index (κ2) is 8.45. The van der Waals surface area contributed by atoms with E-state index in [9.17, 15) is 14.4 Å². The van der Waals surface area contributed by atoms with Gasteiger partial charge < -0.3 is 15.0 Å². The molecule has 0 spiro atoms. The largest absolute Gasteiger partial charge is 0.444 e. The molecular weight excluding hydrogens is 384 g/mol. The number of alkyl carbamates (subject to hydrolysis) is 1. The lowest BCUT2D eigenvalue weighted by atomic mass is 10.0. The van der Waals surface area contributed by atoms with Gasteiger partial charge in [0.15, 0.2) is 5.69 Å². The number of fused-ring (bicyclic) bond motifs is 1. The minimum atomic E-state index is -0.582. The minimum Gasteiger partial charge on any atom is -0.444 e. The molecule has 1 atom stereocenters. The van der Waals surface area contributed by atoms with Crippen LogP contribution >= 0.6 is 0 Å². The van der Waals surface area contributed by atoms with Crippen molar-refractivity contribution in [3.8, 4) is 0 Å². The maximum Gasteiger partial charge on any atom is 0.407 e. The van der Waals surface area contributed by atoms with Crippen LogP contribution in [0.5, 0.6) is 0 Å². The highest BCUT2D eigenvalue weighted by Crippen LogP contribution is 2.19. The first-order chi connectivity index (χ1) is 14.1. The molecule has 3 rings (SSSR count). The highest BCUT2D eigenvalue weighted by Gasteiger charge is 2.29. The van der Waals surface area contributed by atoms with Crippen molar-refractivity contribution in [3.05, 3.63) is 40.3 Å². The van der Waals surface area contributed by atoms with Crippen LogP contribution in [0, 0.1) is 0 Å². The van der Waals surface area contributed by atoms with Crippen LogP contribution in [0.1, 0.15) is 64.0 Å². The molecule has 1 N–H and O–H groups in total. The standard InChI is InChI=1S/C22H30N4O4/c1-14(2)26-19(27)17-11-7-6-10-16(17)18(24-26)20(28)25-12-8-9-15(13-25)23-21(29)30-22(3,4)5/h6-7,10-11,14-15H,8-9,12-13H2,1-5H3,(H,23,29)/t15-/m1/s1. The van der Waals surface area contributed by atoms with E-state index in [1.807, 2.05) is 34.6 Å². The third-order valence-electron chi connectivity index (χ3n) is 4.95. The number of rotatable bonds is 3. The predicted molar refractivity (Wildman–Crippen MR) is 115 cm³/mol. The van der Waals surface area contributed by atoms with Crippen molar-refractivity contribution < 1.29 is 14.3 Å². The Balaban J connectivity index is 1.86. The monoisotopic (exact) mass is 414 g/mol. The number of aromatic nitrogens is 2. The number of benzene rings is 1. The molecule has 8 heteroatoms. The van der Waals surface area contributed by atoms with Crippen LogP contribution in [-0.2, 0) is 4.74 Å². The molecule has 1 saturated heterocycles. The average molecular weight is 415 g/mol. The van der Waals surface area contributed by atoms with E-state index < -0.39 is 11.7 Å². The lowest BCUT2D eigenvalue weighted by molar-refractivity contribution is 0.0451. The fourth-order valence-electron chi connectivity index (χ4n) is 3.62. The van der Waals surface area contributed by atoms with Crippen molar-refractivity contribution >= 4 is 22.8 Å². The molecule has 1 aromatic heterocycles. The molecule has 1 aromatic carbocycles. The molecule has 0 aliphatic carbocycles. The summed E-state index contributed by atoms with van der Waals surface area (Å²) >= 11 is 0. The second-order valence-corrected chi connectivity index (χ2v) is 8.97. The summed E-state index contributed by atoms with van der Waals surface area (Å²) in [4.78, 5) is 39.9. The van der Waals surface area contributed by atoms with Gasteiger partial charge in [-0.3, -0.25) is 9.59 Å². The summed E-state index contributed by atoms with van der Waals surface area (Å²) in [5.41, 5.74) is -0.529. The molecule has 1 fully saturated rings. The maximum atomic E-state index is 13.4. The van der Waals surface area contributed by atoms with E-state index in [1.165, 1.54) is 4.68 Å². The molecule has 1 aliphatic rings. The number of nitrogens with zero attached hydrogens (tertiary/aromatic N) is 3. The van der Waals surface area contributed by atoms with Crippen LogP contribution in [0.2, 0.25) is 0 Å². The molecule has 30 heavy (non-hydrogen) atoms. The van der Waals surface area contributed by atoms with Gasteiger partial charge in [0, 0.05) is 24.5 Å². The highest BCUT2D eigenvalue weighted by atomic mass is 16.6. The van der Waals surface area contributed by atoms with E-state index in [0.717, 1.165) is 12.8 Å². The van der Waals surface area contributed by atoms with Gasteiger partial charge in [-0.25, -0.2) is 9.48 Å². The van der Waals surface area contributed by atoms with Gasteiger partial charge in [-0.1, -0.05) is 18.2 Å². The van der Waals surface area contributed by atoms with Crippen LogP contribution in [0.3, 0.4) is 0 Å². The van der Waals surface area contributed by atoms with Gasteiger partial charge in [-0.15, -0.1) is 0 Å². The number of nitrogens with one attached hydrogen (secondary N) is 1. The highest BCUT2D eigenvalue weighted by molar-refractivity contribution is 6.04. The number of hydrogen-bond acceptors (Lipinski definition) is 5. The van der Waals surface area contributed by atoms with Gasteiger partial charge in [0.2, 0.25) is 0 Å². The summed E-state index contributed by atoms with van der Waals surface area (Å²) in [5.74, 6) is -0.240. The maximum absolute atomic E-state index is 13.4. The van der Waals surface area contributed by atoms with Crippen molar-refractivity contribution in [2.24, 2.45) is 0 Å². The van der Waals surface area contributed by atoms with E-state index in [0.29, 0.717) is 23.9 Å². The molecule has 162 valence electrons.